The molecule has 1 aromatic rings. The standard InChI is InChI=1S/C14H20O4/c1-2-3-4-5-6-7-10-8-9-11(15)13(16)12(10)14(17)18/h8-9,15-16H,2-7H2,1H3,(H,17,18). The summed E-state index contributed by atoms with van der Waals surface area (Å²) in [4.78, 5) is 11.1. The predicted molar refractivity (Wildman–Crippen MR) is 69.2 cm³/mol. The van der Waals surface area contributed by atoms with Crippen LogP contribution in [0.3, 0.4) is 0 Å². The highest BCUT2D eigenvalue weighted by Gasteiger charge is 2.18. The summed E-state index contributed by atoms with van der Waals surface area (Å²) in [5, 5.41) is 27.9. The Morgan fingerprint density at radius 3 is 2.39 bits per heavy atom. The second-order valence-corrected chi connectivity index (χ2v) is 4.44. The Balaban J connectivity index is 2.70. The van der Waals surface area contributed by atoms with Crippen molar-refractivity contribution in [1.29, 1.82) is 0 Å². The van der Waals surface area contributed by atoms with E-state index in [0.29, 0.717) is 12.0 Å². The number of carbonyl (C=O) groups is 1. The molecule has 0 heterocycles. The topological polar surface area (TPSA) is 77.8 Å². The van der Waals surface area contributed by atoms with E-state index in [4.69, 9.17) is 5.11 Å². The molecule has 0 saturated carbocycles. The van der Waals surface area contributed by atoms with Crippen LogP contribution in [0.2, 0.25) is 0 Å². The predicted octanol–water partition coefficient (Wildman–Crippen LogP) is 3.31. The molecule has 0 spiro atoms. The van der Waals surface area contributed by atoms with Crippen molar-refractivity contribution >= 4 is 5.97 Å². The van der Waals surface area contributed by atoms with Gasteiger partial charge in [-0.15, -0.1) is 0 Å². The van der Waals surface area contributed by atoms with Crippen LogP contribution in [0.25, 0.3) is 0 Å². The summed E-state index contributed by atoms with van der Waals surface area (Å²) < 4.78 is 0. The maximum Gasteiger partial charge on any atom is 0.339 e. The number of aromatic carboxylic acids is 1. The summed E-state index contributed by atoms with van der Waals surface area (Å²) >= 11 is 0. The molecular weight excluding hydrogens is 232 g/mol. The molecule has 100 valence electrons. The monoisotopic (exact) mass is 252 g/mol. The number of unbranched alkanes of at least 4 members (excludes halogenated alkanes) is 4. The number of rotatable bonds is 7. The van der Waals surface area contributed by atoms with Crippen LogP contribution < -0.4 is 0 Å². The van der Waals surface area contributed by atoms with E-state index in [0.717, 1.165) is 19.3 Å². The summed E-state index contributed by atoms with van der Waals surface area (Å²) in [6.45, 7) is 2.14. The fourth-order valence-corrected chi connectivity index (χ4v) is 1.99. The van der Waals surface area contributed by atoms with E-state index in [1.165, 1.54) is 18.9 Å². The van der Waals surface area contributed by atoms with Crippen LogP contribution >= 0.6 is 0 Å². The van der Waals surface area contributed by atoms with Crippen molar-refractivity contribution in [3.63, 3.8) is 0 Å². The average Bonchev–Trinajstić information content (AvgIpc) is 2.33. The molecule has 0 radical (unpaired) electrons. The van der Waals surface area contributed by atoms with Gasteiger partial charge in [0.1, 0.15) is 5.56 Å². The first-order valence-electron chi connectivity index (χ1n) is 6.35. The Kier molecular flexibility index (Phi) is 5.49. The summed E-state index contributed by atoms with van der Waals surface area (Å²) in [7, 11) is 0. The number of phenolic OH excluding ortho intramolecular Hbond substituents is 1. The van der Waals surface area contributed by atoms with Crippen LogP contribution in [0.5, 0.6) is 11.5 Å². The first kappa shape index (κ1) is 14.4. The third-order valence-corrected chi connectivity index (χ3v) is 3.01. The van der Waals surface area contributed by atoms with E-state index >= 15 is 0 Å². The molecule has 0 atom stereocenters. The lowest BCUT2D eigenvalue weighted by Crippen LogP contribution is -2.03. The third kappa shape index (κ3) is 3.65. The largest absolute Gasteiger partial charge is 0.504 e. The van der Waals surface area contributed by atoms with Gasteiger partial charge in [0.25, 0.3) is 0 Å². The van der Waals surface area contributed by atoms with Gasteiger partial charge < -0.3 is 15.3 Å². The minimum Gasteiger partial charge on any atom is -0.504 e. The lowest BCUT2D eigenvalue weighted by Gasteiger charge is -2.09. The van der Waals surface area contributed by atoms with Crippen LogP contribution in [-0.4, -0.2) is 21.3 Å². The van der Waals surface area contributed by atoms with E-state index in [1.807, 2.05) is 0 Å². The molecule has 0 aliphatic heterocycles. The Bertz CT molecular complexity index is 413. The van der Waals surface area contributed by atoms with Crippen molar-refractivity contribution in [2.45, 2.75) is 45.4 Å². The van der Waals surface area contributed by atoms with Crippen molar-refractivity contribution in [1.82, 2.24) is 0 Å². The fraction of sp³-hybridized carbons (Fsp3) is 0.500. The fourth-order valence-electron chi connectivity index (χ4n) is 1.99. The quantitative estimate of drug-likeness (QED) is 0.514. The van der Waals surface area contributed by atoms with Crippen molar-refractivity contribution in [2.24, 2.45) is 0 Å². The van der Waals surface area contributed by atoms with Crippen molar-refractivity contribution in [2.75, 3.05) is 0 Å². The number of carboxylic acids is 1. The highest BCUT2D eigenvalue weighted by molar-refractivity contribution is 5.93. The van der Waals surface area contributed by atoms with Crippen molar-refractivity contribution in [3.8, 4) is 11.5 Å². The van der Waals surface area contributed by atoms with Crippen LogP contribution in [0.1, 0.15) is 54.9 Å². The van der Waals surface area contributed by atoms with Gasteiger partial charge in [0.15, 0.2) is 11.5 Å². The summed E-state index contributed by atoms with van der Waals surface area (Å²) in [5.41, 5.74) is 0.403. The normalized spacial score (nSPS) is 10.5. The number of phenols is 2. The second-order valence-electron chi connectivity index (χ2n) is 4.44. The molecule has 1 rings (SSSR count). The molecule has 1 aromatic carbocycles. The van der Waals surface area contributed by atoms with Gasteiger partial charge >= 0.3 is 5.97 Å². The third-order valence-electron chi connectivity index (χ3n) is 3.01. The molecule has 0 aliphatic carbocycles. The highest BCUT2D eigenvalue weighted by atomic mass is 16.4. The van der Waals surface area contributed by atoms with Gasteiger partial charge in [-0.25, -0.2) is 4.79 Å². The maximum atomic E-state index is 11.1. The summed E-state index contributed by atoms with van der Waals surface area (Å²) in [5.74, 6) is -2.12. The zero-order valence-corrected chi connectivity index (χ0v) is 10.6. The van der Waals surface area contributed by atoms with Gasteiger partial charge in [-0.05, 0) is 24.5 Å². The highest BCUT2D eigenvalue weighted by Crippen LogP contribution is 2.32. The van der Waals surface area contributed by atoms with E-state index < -0.39 is 11.7 Å². The Morgan fingerprint density at radius 2 is 1.78 bits per heavy atom. The second kappa shape index (κ2) is 6.89. The van der Waals surface area contributed by atoms with E-state index in [2.05, 4.69) is 6.92 Å². The van der Waals surface area contributed by atoms with Gasteiger partial charge in [-0.1, -0.05) is 38.7 Å². The molecule has 4 heteroatoms. The first-order valence-corrected chi connectivity index (χ1v) is 6.35. The molecule has 18 heavy (non-hydrogen) atoms. The van der Waals surface area contributed by atoms with Gasteiger partial charge in [0.05, 0.1) is 0 Å². The zero-order valence-electron chi connectivity index (χ0n) is 10.6. The van der Waals surface area contributed by atoms with Gasteiger partial charge in [-0.2, -0.15) is 0 Å². The van der Waals surface area contributed by atoms with Crippen molar-refractivity contribution < 1.29 is 20.1 Å². The lowest BCUT2D eigenvalue weighted by atomic mass is 9.99. The number of carboxylic acid groups (broad SMARTS) is 1. The van der Waals surface area contributed by atoms with Gasteiger partial charge in [0.2, 0.25) is 0 Å². The molecule has 0 aliphatic rings. The molecule has 0 amide bonds. The van der Waals surface area contributed by atoms with Crippen LogP contribution in [0.4, 0.5) is 0 Å². The van der Waals surface area contributed by atoms with Crippen LogP contribution in [0, 0.1) is 0 Å². The Labute approximate surface area is 107 Å². The smallest absolute Gasteiger partial charge is 0.339 e. The Morgan fingerprint density at radius 1 is 1.11 bits per heavy atom. The van der Waals surface area contributed by atoms with E-state index in [9.17, 15) is 15.0 Å². The van der Waals surface area contributed by atoms with E-state index in [-0.39, 0.29) is 11.3 Å². The molecule has 3 N–H and O–H groups in total. The average molecular weight is 252 g/mol. The molecule has 0 aromatic heterocycles. The summed E-state index contributed by atoms with van der Waals surface area (Å²) in [6, 6.07) is 2.90. The number of aromatic hydroxyl groups is 2. The first-order chi connectivity index (χ1) is 8.57. The van der Waals surface area contributed by atoms with Crippen molar-refractivity contribution in [3.05, 3.63) is 23.3 Å². The Hall–Kier alpha value is -1.71. The molecule has 0 saturated heterocycles. The summed E-state index contributed by atoms with van der Waals surface area (Å²) in [6.07, 6.45) is 6.05. The van der Waals surface area contributed by atoms with Gasteiger partial charge in [-0.3, -0.25) is 0 Å². The van der Waals surface area contributed by atoms with Crippen LogP contribution in [-0.2, 0) is 6.42 Å². The number of benzene rings is 1. The maximum absolute atomic E-state index is 11.1. The van der Waals surface area contributed by atoms with Gasteiger partial charge in [0, 0.05) is 0 Å². The molecule has 0 bridgehead atoms. The molecule has 0 fully saturated rings. The van der Waals surface area contributed by atoms with E-state index in [1.54, 1.807) is 6.07 Å². The minimum atomic E-state index is -1.20. The molecule has 0 unspecified atom stereocenters. The molecule has 4 nitrogen and oxygen atoms in total. The number of hydrogen-bond acceptors (Lipinski definition) is 3. The van der Waals surface area contributed by atoms with Crippen LogP contribution in [0.15, 0.2) is 12.1 Å². The SMILES string of the molecule is CCCCCCCc1ccc(O)c(O)c1C(=O)O. The number of hydrogen-bond donors (Lipinski definition) is 3. The molecular formula is C14H20O4. The number of aryl methyl sites for hydroxylation is 1. The zero-order chi connectivity index (χ0) is 13.5. The lowest BCUT2D eigenvalue weighted by molar-refractivity contribution is 0.0691. The minimum absolute atomic E-state index is 0.175.